The lowest BCUT2D eigenvalue weighted by atomic mass is 10.00. The summed E-state index contributed by atoms with van der Waals surface area (Å²) in [7, 11) is 1.53. The van der Waals surface area contributed by atoms with Crippen molar-refractivity contribution in [3.63, 3.8) is 0 Å². The summed E-state index contributed by atoms with van der Waals surface area (Å²) < 4.78 is 23.9. The fourth-order valence-corrected chi connectivity index (χ4v) is 4.08. The van der Waals surface area contributed by atoms with Crippen LogP contribution in [0.4, 0.5) is 14.9 Å². The number of ether oxygens (including phenoxy) is 2. The number of cyclic esters (lactones) is 1. The zero-order chi connectivity index (χ0) is 26.4. The Labute approximate surface area is 214 Å². The summed E-state index contributed by atoms with van der Waals surface area (Å²) in [5.41, 5.74) is 3.22. The van der Waals surface area contributed by atoms with E-state index in [9.17, 15) is 18.8 Å². The van der Waals surface area contributed by atoms with Crippen LogP contribution in [0.3, 0.4) is 0 Å². The van der Waals surface area contributed by atoms with Gasteiger partial charge in [0, 0.05) is 24.9 Å². The van der Waals surface area contributed by atoms with Gasteiger partial charge < -0.3 is 20.1 Å². The molecule has 0 aliphatic carbocycles. The molecular formula is C28H28FN3O5. The maximum absolute atomic E-state index is 13.2. The second kappa shape index (κ2) is 11.7. The Morgan fingerprint density at radius 3 is 2.49 bits per heavy atom. The van der Waals surface area contributed by atoms with E-state index in [4.69, 9.17) is 9.47 Å². The molecule has 2 N–H and O–H groups in total. The average Bonchev–Trinajstić information content (AvgIpc) is 3.22. The van der Waals surface area contributed by atoms with Gasteiger partial charge in [0.05, 0.1) is 13.2 Å². The molecule has 1 saturated heterocycles. The number of amides is 3. The number of anilines is 1. The molecule has 1 aliphatic heterocycles. The molecule has 0 radical (unpaired) electrons. The number of carbonyl (C=O) groups is 3. The van der Waals surface area contributed by atoms with E-state index < -0.39 is 30.0 Å². The maximum Gasteiger partial charge on any atom is 0.411 e. The first-order chi connectivity index (χ1) is 17.9. The van der Waals surface area contributed by atoms with Gasteiger partial charge in [-0.2, -0.15) is 0 Å². The van der Waals surface area contributed by atoms with Crippen LogP contribution in [0.5, 0.6) is 0 Å². The van der Waals surface area contributed by atoms with E-state index in [1.165, 1.54) is 36.3 Å². The van der Waals surface area contributed by atoms with Crippen molar-refractivity contribution in [2.45, 2.75) is 25.6 Å². The van der Waals surface area contributed by atoms with Gasteiger partial charge in [0.25, 0.3) is 5.91 Å². The van der Waals surface area contributed by atoms with Crippen LogP contribution in [0.15, 0.2) is 72.8 Å². The van der Waals surface area contributed by atoms with Crippen LogP contribution < -0.4 is 10.6 Å². The van der Waals surface area contributed by atoms with E-state index in [1.54, 1.807) is 24.3 Å². The summed E-state index contributed by atoms with van der Waals surface area (Å²) in [6.07, 6.45) is -1.51. The first kappa shape index (κ1) is 25.8. The molecule has 3 aromatic rings. The minimum atomic E-state index is -0.936. The third kappa shape index (κ3) is 6.31. The number of rotatable bonds is 9. The van der Waals surface area contributed by atoms with Crippen LogP contribution in [0, 0.1) is 12.7 Å². The third-order valence-corrected chi connectivity index (χ3v) is 6.01. The zero-order valence-electron chi connectivity index (χ0n) is 20.6. The monoisotopic (exact) mass is 505 g/mol. The molecule has 37 heavy (non-hydrogen) atoms. The minimum Gasteiger partial charge on any atom is -0.438 e. The van der Waals surface area contributed by atoms with Gasteiger partial charge in [0.1, 0.15) is 5.82 Å². The van der Waals surface area contributed by atoms with E-state index >= 15 is 0 Å². The Balaban J connectivity index is 1.58. The summed E-state index contributed by atoms with van der Waals surface area (Å²) in [5, 5.41) is 5.57. The zero-order valence-corrected chi connectivity index (χ0v) is 20.6. The Morgan fingerprint density at radius 1 is 1.05 bits per heavy atom. The second-order valence-electron chi connectivity index (χ2n) is 8.73. The Bertz CT molecular complexity index is 1260. The number of nitrogens with one attached hydrogen (secondary N) is 2. The van der Waals surface area contributed by atoms with Gasteiger partial charge in [-0.3, -0.25) is 14.5 Å². The summed E-state index contributed by atoms with van der Waals surface area (Å²) in [4.78, 5) is 40.2. The predicted octanol–water partition coefficient (Wildman–Crippen LogP) is 4.21. The largest absolute Gasteiger partial charge is 0.438 e. The van der Waals surface area contributed by atoms with E-state index in [-0.39, 0.29) is 19.0 Å². The highest BCUT2D eigenvalue weighted by atomic mass is 19.1. The molecular weight excluding hydrogens is 477 g/mol. The van der Waals surface area contributed by atoms with Crippen molar-refractivity contribution in [1.29, 1.82) is 0 Å². The fraction of sp³-hybridized carbons (Fsp3) is 0.250. The van der Waals surface area contributed by atoms with Crippen LogP contribution >= 0.6 is 0 Å². The molecule has 0 unspecified atom stereocenters. The number of hydrogen-bond acceptors (Lipinski definition) is 5. The number of carbonyl (C=O) groups excluding carboxylic acids is 3. The van der Waals surface area contributed by atoms with Crippen molar-refractivity contribution in [2.24, 2.45) is 0 Å². The van der Waals surface area contributed by atoms with Gasteiger partial charge >= 0.3 is 6.09 Å². The fourth-order valence-electron chi connectivity index (χ4n) is 4.08. The molecule has 8 nitrogen and oxygen atoms in total. The smallest absolute Gasteiger partial charge is 0.411 e. The summed E-state index contributed by atoms with van der Waals surface area (Å²) in [5.74, 6) is -1.23. The van der Waals surface area contributed by atoms with Crippen LogP contribution in [0.25, 0.3) is 0 Å². The number of aryl methyl sites for hydroxylation is 1. The maximum atomic E-state index is 13.2. The van der Waals surface area contributed by atoms with E-state index in [2.05, 4.69) is 10.6 Å². The van der Waals surface area contributed by atoms with E-state index in [1.807, 2.05) is 31.2 Å². The molecule has 0 aromatic heterocycles. The van der Waals surface area contributed by atoms with Crippen LogP contribution in [-0.2, 0) is 20.8 Å². The predicted molar refractivity (Wildman–Crippen MR) is 135 cm³/mol. The van der Waals surface area contributed by atoms with Crippen LogP contribution in [0.1, 0.15) is 33.2 Å². The summed E-state index contributed by atoms with van der Waals surface area (Å²) >= 11 is 0. The molecule has 3 aromatic carbocycles. The quantitative estimate of drug-likeness (QED) is 0.425. The number of benzene rings is 3. The van der Waals surface area contributed by atoms with Gasteiger partial charge in [-0.05, 0) is 54.4 Å². The van der Waals surface area contributed by atoms with Crippen molar-refractivity contribution < 1.29 is 28.2 Å². The van der Waals surface area contributed by atoms with Crippen molar-refractivity contribution in [3.8, 4) is 0 Å². The third-order valence-electron chi connectivity index (χ3n) is 6.01. The molecule has 192 valence electrons. The molecule has 1 heterocycles. The Hall–Kier alpha value is -4.24. The van der Waals surface area contributed by atoms with Gasteiger partial charge in [-0.1, -0.05) is 42.0 Å². The minimum absolute atomic E-state index is 0.193. The number of methoxy groups -OCH3 is 1. The van der Waals surface area contributed by atoms with Crippen LogP contribution in [-0.4, -0.2) is 49.1 Å². The van der Waals surface area contributed by atoms with Gasteiger partial charge in [-0.25, -0.2) is 9.18 Å². The highest BCUT2D eigenvalue weighted by Crippen LogP contribution is 2.35. The van der Waals surface area contributed by atoms with Crippen molar-refractivity contribution >= 4 is 23.6 Å². The molecule has 2 atom stereocenters. The highest BCUT2D eigenvalue weighted by Gasteiger charge is 2.47. The molecule has 1 aliphatic rings. The topological polar surface area (TPSA) is 97.0 Å². The van der Waals surface area contributed by atoms with Gasteiger partial charge in [0.15, 0.2) is 12.1 Å². The first-order valence-corrected chi connectivity index (χ1v) is 11.8. The van der Waals surface area contributed by atoms with Gasteiger partial charge in [0.2, 0.25) is 5.91 Å². The van der Waals surface area contributed by atoms with E-state index in [0.717, 1.165) is 11.1 Å². The Morgan fingerprint density at radius 2 is 1.78 bits per heavy atom. The van der Waals surface area contributed by atoms with Crippen LogP contribution in [0.2, 0.25) is 0 Å². The molecule has 0 saturated carbocycles. The standard InChI is InChI=1S/C28H28FN3O5/c1-18-6-8-19(9-7-18)17-32-24(27(34)30-14-15-36-2)25(37-28(32)35)21-4-3-5-23(16-21)31-26(33)20-10-12-22(29)13-11-20/h3-13,16,24-25H,14-15,17H2,1-2H3,(H,30,34)(H,31,33)/t24-,25+/m1/s1. The lowest BCUT2D eigenvalue weighted by molar-refractivity contribution is -0.126. The Kier molecular flexibility index (Phi) is 8.15. The summed E-state index contributed by atoms with van der Waals surface area (Å²) in [6.45, 7) is 2.76. The van der Waals surface area contributed by atoms with Gasteiger partial charge in [-0.15, -0.1) is 0 Å². The number of nitrogens with zero attached hydrogens (tertiary/aromatic N) is 1. The number of hydrogen-bond donors (Lipinski definition) is 2. The molecule has 4 rings (SSSR count). The molecule has 3 amide bonds. The number of halogens is 1. The molecule has 0 spiro atoms. The normalized spacial score (nSPS) is 16.8. The summed E-state index contributed by atoms with van der Waals surface area (Å²) in [6, 6.07) is 18.7. The lowest BCUT2D eigenvalue weighted by Crippen LogP contribution is -2.47. The SMILES string of the molecule is COCCNC(=O)[C@H]1[C@H](c2cccc(NC(=O)c3ccc(F)cc3)c2)OC(=O)N1Cc1ccc(C)cc1. The molecule has 9 heteroatoms. The van der Waals surface area contributed by atoms with Crippen molar-refractivity contribution in [2.75, 3.05) is 25.6 Å². The molecule has 1 fully saturated rings. The van der Waals surface area contributed by atoms with Crippen molar-refractivity contribution in [1.82, 2.24) is 10.2 Å². The first-order valence-electron chi connectivity index (χ1n) is 11.8. The lowest BCUT2D eigenvalue weighted by Gasteiger charge is -2.24. The van der Waals surface area contributed by atoms with E-state index in [0.29, 0.717) is 23.4 Å². The highest BCUT2D eigenvalue weighted by molar-refractivity contribution is 6.04. The van der Waals surface area contributed by atoms with Crippen molar-refractivity contribution in [3.05, 3.63) is 101 Å². The molecule has 0 bridgehead atoms. The second-order valence-corrected chi connectivity index (χ2v) is 8.73. The average molecular weight is 506 g/mol.